The Kier molecular flexibility index (Phi) is 11.4. The summed E-state index contributed by atoms with van der Waals surface area (Å²) in [6.45, 7) is 6.29. The van der Waals surface area contributed by atoms with Crippen molar-refractivity contribution in [2.45, 2.75) is 90.0 Å². The minimum atomic E-state index is -0.866. The van der Waals surface area contributed by atoms with Gasteiger partial charge in [-0.1, -0.05) is 25.3 Å². The lowest BCUT2D eigenvalue weighted by atomic mass is 9.61. The molecule has 10 heteroatoms. The quantitative estimate of drug-likeness (QED) is 0.111. The molecular weight excluding hydrogens is 424 g/mol. The van der Waals surface area contributed by atoms with Gasteiger partial charge in [-0.05, 0) is 50.6 Å². The van der Waals surface area contributed by atoms with Crippen molar-refractivity contribution in [1.82, 2.24) is 21.6 Å². The number of guanidine groups is 1. The Bertz CT molecular complexity index is 627. The molecule has 0 amide bonds. The van der Waals surface area contributed by atoms with Crippen LogP contribution >= 0.6 is 0 Å². The number of hydrogen-bond donors (Lipinski definition) is 7. The average molecular weight is 470 g/mol. The fourth-order valence-electron chi connectivity index (χ4n) is 5.22. The number of rotatable bonds is 10. The van der Waals surface area contributed by atoms with E-state index in [9.17, 15) is 14.7 Å². The van der Waals surface area contributed by atoms with Crippen LogP contribution in [0.2, 0.25) is 0 Å². The zero-order valence-electron chi connectivity index (χ0n) is 20.3. The Balaban J connectivity index is 0.000000554. The van der Waals surface area contributed by atoms with Crippen LogP contribution in [0.25, 0.3) is 0 Å². The van der Waals surface area contributed by atoms with E-state index < -0.39 is 11.9 Å². The van der Waals surface area contributed by atoms with Crippen LogP contribution in [0.3, 0.4) is 0 Å². The van der Waals surface area contributed by atoms with Crippen molar-refractivity contribution in [3.05, 3.63) is 0 Å². The van der Waals surface area contributed by atoms with Crippen molar-refractivity contribution in [3.63, 3.8) is 0 Å². The molecule has 3 rings (SSSR count). The summed E-state index contributed by atoms with van der Waals surface area (Å²) in [6, 6.07) is 0.0148. The highest BCUT2D eigenvalue weighted by Gasteiger charge is 2.52. The first-order chi connectivity index (χ1) is 15.8. The Morgan fingerprint density at radius 1 is 1.06 bits per heavy atom. The molecule has 0 radical (unpaired) electrons. The maximum Gasteiger partial charge on any atom is 0.309 e. The molecule has 0 aromatic rings. The molecule has 3 aliphatic rings. The molecule has 1 saturated carbocycles. The first-order valence-electron chi connectivity index (χ1n) is 12.7. The predicted molar refractivity (Wildman–Crippen MR) is 127 cm³/mol. The van der Waals surface area contributed by atoms with Crippen LogP contribution in [0.1, 0.15) is 84.0 Å². The van der Waals surface area contributed by atoms with Crippen molar-refractivity contribution in [3.8, 4) is 0 Å². The van der Waals surface area contributed by atoms with Gasteiger partial charge in [0.25, 0.3) is 0 Å². The molecule has 33 heavy (non-hydrogen) atoms. The van der Waals surface area contributed by atoms with Gasteiger partial charge in [0.2, 0.25) is 5.96 Å². The van der Waals surface area contributed by atoms with Gasteiger partial charge in [-0.2, -0.15) is 0 Å². The predicted octanol–water partition coefficient (Wildman–Crippen LogP) is 2.18. The Morgan fingerprint density at radius 2 is 1.76 bits per heavy atom. The van der Waals surface area contributed by atoms with Crippen LogP contribution in [-0.2, 0) is 9.59 Å². The van der Waals surface area contributed by atoms with Crippen molar-refractivity contribution < 1.29 is 24.4 Å². The molecule has 2 unspecified atom stereocenters. The van der Waals surface area contributed by atoms with E-state index in [0.717, 1.165) is 25.8 Å². The summed E-state index contributed by atoms with van der Waals surface area (Å²) in [5, 5.41) is 32.6. The highest BCUT2D eigenvalue weighted by Crippen LogP contribution is 2.52. The lowest BCUT2D eigenvalue weighted by Crippen LogP contribution is -2.73. The fourth-order valence-corrected chi connectivity index (χ4v) is 5.22. The standard InChI is InChI=1S/C18H33N5O4.C5H11N/c1-2-10-20-17(19)21-22-23(11-6-16(26)27)12-9-18(7-3-8-18)13-14(23)4-5-15(24)25;1-2-4-6-5-3-1/h14,22H,2-13H2,1H3,(H4-,19,20,21,24,25,26,27);6H,1-5H2/p+1. The molecule has 0 aromatic carbocycles. The number of quaternary nitrogens is 1. The van der Waals surface area contributed by atoms with Gasteiger partial charge in [-0.15, -0.1) is 0 Å². The van der Waals surface area contributed by atoms with Crippen LogP contribution in [0, 0.1) is 10.8 Å². The summed E-state index contributed by atoms with van der Waals surface area (Å²) in [5.41, 5.74) is 6.39. The van der Waals surface area contributed by atoms with Crippen LogP contribution in [0.5, 0.6) is 0 Å². The smallest absolute Gasteiger partial charge is 0.309 e. The zero-order chi connectivity index (χ0) is 24.2. The van der Waals surface area contributed by atoms with Crippen LogP contribution in [-0.4, -0.2) is 71.5 Å². The highest BCUT2D eigenvalue weighted by atomic mass is 16.4. The van der Waals surface area contributed by atoms with Gasteiger partial charge in [-0.3, -0.25) is 15.0 Å². The largest absolute Gasteiger partial charge is 0.481 e. The number of nitrogens with zero attached hydrogens (tertiary/aromatic N) is 1. The van der Waals surface area contributed by atoms with Crippen LogP contribution in [0.4, 0.5) is 0 Å². The van der Waals surface area contributed by atoms with Gasteiger partial charge in [0.05, 0.1) is 19.4 Å². The minimum Gasteiger partial charge on any atom is -0.481 e. The van der Waals surface area contributed by atoms with E-state index >= 15 is 0 Å². The van der Waals surface area contributed by atoms with Crippen molar-refractivity contribution in [1.29, 1.82) is 5.41 Å². The topological polar surface area (TPSA) is 147 Å². The lowest BCUT2D eigenvalue weighted by Gasteiger charge is -2.55. The molecule has 0 aromatic heterocycles. The molecular formula is C23H45N6O4+. The van der Waals surface area contributed by atoms with Gasteiger partial charge in [0.15, 0.2) is 0 Å². The Hall–Kier alpha value is -1.91. The number of nitrogens with one attached hydrogen (secondary N) is 5. The molecule has 7 N–H and O–H groups in total. The van der Waals surface area contributed by atoms with E-state index in [-0.39, 0.29) is 24.8 Å². The normalized spacial score (nSPS) is 25.8. The van der Waals surface area contributed by atoms with Crippen molar-refractivity contribution in [2.24, 2.45) is 5.41 Å². The van der Waals surface area contributed by atoms with Gasteiger partial charge in [0, 0.05) is 25.8 Å². The third-order valence-electron chi connectivity index (χ3n) is 7.40. The molecule has 2 saturated heterocycles. The maximum absolute atomic E-state index is 11.2. The molecule has 1 aliphatic carbocycles. The second-order valence-corrected chi connectivity index (χ2v) is 9.87. The molecule has 2 atom stereocenters. The molecule has 10 nitrogen and oxygen atoms in total. The second kappa shape index (κ2) is 13.7. The van der Waals surface area contributed by atoms with E-state index in [0.29, 0.717) is 29.5 Å². The summed E-state index contributed by atoms with van der Waals surface area (Å²) in [5.74, 6) is -1.55. The molecule has 190 valence electrons. The summed E-state index contributed by atoms with van der Waals surface area (Å²) in [7, 11) is 0. The van der Waals surface area contributed by atoms with Gasteiger partial charge in [-0.25, -0.2) is 10.0 Å². The summed E-state index contributed by atoms with van der Waals surface area (Å²) >= 11 is 0. The summed E-state index contributed by atoms with van der Waals surface area (Å²) < 4.78 is 0.303. The summed E-state index contributed by atoms with van der Waals surface area (Å²) in [6.07, 6.45) is 11.2. The highest BCUT2D eigenvalue weighted by molar-refractivity contribution is 5.75. The minimum absolute atomic E-state index is 0.000966. The number of carboxylic acid groups (broad SMARTS) is 2. The number of hydrazine groups is 1. The molecule has 2 heterocycles. The Labute approximate surface area is 197 Å². The second-order valence-electron chi connectivity index (χ2n) is 9.87. The SMILES string of the molecule is C1CCNCC1.CCCNC(=N)NN[N+]1(CCC(=O)O)CCC2(CCC2)CC1CCC(=O)O. The number of carbonyl (C=O) groups is 2. The van der Waals surface area contributed by atoms with Crippen LogP contribution in [0.15, 0.2) is 0 Å². The number of carboxylic acids is 2. The maximum atomic E-state index is 11.2. The van der Waals surface area contributed by atoms with Crippen molar-refractivity contribution in [2.75, 3.05) is 32.7 Å². The fraction of sp³-hybridized carbons (Fsp3) is 0.870. The third-order valence-corrected chi connectivity index (χ3v) is 7.40. The lowest BCUT2D eigenvalue weighted by molar-refractivity contribution is -1.00. The first kappa shape index (κ1) is 27.3. The van der Waals surface area contributed by atoms with Gasteiger partial charge in [0.1, 0.15) is 12.6 Å². The number of aliphatic carboxylic acids is 2. The number of hydrogen-bond acceptors (Lipinski definition) is 5. The average Bonchev–Trinajstić information content (AvgIpc) is 2.79. The van der Waals surface area contributed by atoms with E-state index in [2.05, 4.69) is 21.6 Å². The first-order valence-corrected chi connectivity index (χ1v) is 12.7. The van der Waals surface area contributed by atoms with Crippen LogP contribution < -0.4 is 21.6 Å². The molecule has 0 bridgehead atoms. The number of piperidine rings is 2. The molecule has 2 aliphatic heterocycles. The van der Waals surface area contributed by atoms with E-state index in [1.165, 1.54) is 51.6 Å². The van der Waals surface area contributed by atoms with E-state index in [1.807, 2.05) is 6.92 Å². The van der Waals surface area contributed by atoms with Crippen molar-refractivity contribution >= 4 is 17.9 Å². The monoisotopic (exact) mass is 469 g/mol. The zero-order valence-corrected chi connectivity index (χ0v) is 20.3. The van der Waals surface area contributed by atoms with Gasteiger partial charge < -0.3 is 20.8 Å². The van der Waals surface area contributed by atoms with E-state index in [1.54, 1.807) is 0 Å². The number of likely N-dealkylation sites (tertiary alicyclic amines) is 1. The Morgan fingerprint density at radius 3 is 2.24 bits per heavy atom. The molecule has 3 fully saturated rings. The third kappa shape index (κ3) is 9.10. The molecule has 1 spiro atoms. The van der Waals surface area contributed by atoms with E-state index in [4.69, 9.17) is 10.5 Å². The van der Waals surface area contributed by atoms with Gasteiger partial charge >= 0.3 is 11.9 Å². The summed E-state index contributed by atoms with van der Waals surface area (Å²) in [4.78, 5) is 22.4.